The van der Waals surface area contributed by atoms with Gasteiger partial charge in [-0.3, -0.25) is 0 Å². The minimum absolute atomic E-state index is 0.0122. The number of sulfonamides is 1. The molecule has 0 fully saturated rings. The Balaban J connectivity index is 1.85. The number of halogens is 2. The predicted molar refractivity (Wildman–Crippen MR) is 113 cm³/mol. The van der Waals surface area contributed by atoms with Crippen LogP contribution in [-0.2, 0) is 26.3 Å². The number of nitrogens with one attached hydrogen (secondary N) is 1. The molecular formula is C21H19ClFNO4S2. The van der Waals surface area contributed by atoms with E-state index in [9.17, 15) is 21.2 Å². The molecule has 3 aromatic carbocycles. The lowest BCUT2D eigenvalue weighted by Crippen LogP contribution is -2.27. The van der Waals surface area contributed by atoms with Crippen LogP contribution in [0.15, 0.2) is 81.4 Å². The summed E-state index contributed by atoms with van der Waals surface area (Å²) in [7, 11) is -7.89. The van der Waals surface area contributed by atoms with Gasteiger partial charge in [0, 0.05) is 11.6 Å². The van der Waals surface area contributed by atoms with Gasteiger partial charge in [-0.25, -0.2) is 25.9 Å². The van der Waals surface area contributed by atoms with Gasteiger partial charge in [-0.15, -0.1) is 0 Å². The fourth-order valence-electron chi connectivity index (χ4n) is 2.89. The fraction of sp³-hybridized carbons (Fsp3) is 0.143. The summed E-state index contributed by atoms with van der Waals surface area (Å²) >= 11 is 5.81. The Hall–Kier alpha value is -2.26. The van der Waals surface area contributed by atoms with Gasteiger partial charge in [-0.05, 0) is 73.0 Å². The van der Waals surface area contributed by atoms with Crippen molar-refractivity contribution in [1.82, 2.24) is 4.72 Å². The van der Waals surface area contributed by atoms with Gasteiger partial charge in [0.15, 0.2) is 0 Å². The number of benzene rings is 3. The Morgan fingerprint density at radius 3 is 2.23 bits per heavy atom. The zero-order chi connectivity index (χ0) is 21.9. The Morgan fingerprint density at radius 1 is 0.900 bits per heavy atom. The third-order valence-corrected chi connectivity index (χ3v) is 8.10. The highest BCUT2D eigenvalue weighted by atomic mass is 35.5. The summed E-state index contributed by atoms with van der Waals surface area (Å²) in [5.41, 5.74) is 1.05. The van der Waals surface area contributed by atoms with Crippen LogP contribution in [0.5, 0.6) is 0 Å². The molecule has 0 heterocycles. The molecule has 0 aromatic heterocycles. The van der Waals surface area contributed by atoms with E-state index in [4.69, 9.17) is 11.6 Å². The molecule has 0 aliphatic rings. The second-order valence-corrected chi connectivity index (χ2v) is 10.8. The molecule has 0 spiro atoms. The molecule has 30 heavy (non-hydrogen) atoms. The fourth-order valence-corrected chi connectivity index (χ4v) is 5.67. The third kappa shape index (κ3) is 5.07. The van der Waals surface area contributed by atoms with Crippen molar-refractivity contribution in [1.29, 1.82) is 0 Å². The quantitative estimate of drug-likeness (QED) is 0.566. The first-order chi connectivity index (χ1) is 14.1. The standard InChI is InChI=1S/C21H19ClFNO4S2/c1-15-5-8-20(29(25,26)19-9-6-17(22)7-10-19)14-21(15)30(27,28)24-12-11-16-3-2-4-18(23)13-16/h2-10,13-14,24H,11-12H2,1H3. The van der Waals surface area contributed by atoms with Crippen molar-refractivity contribution in [3.63, 3.8) is 0 Å². The molecule has 0 saturated carbocycles. The zero-order valence-corrected chi connectivity index (χ0v) is 18.4. The van der Waals surface area contributed by atoms with Crippen LogP contribution in [0, 0.1) is 12.7 Å². The van der Waals surface area contributed by atoms with Crippen molar-refractivity contribution in [2.45, 2.75) is 28.0 Å². The molecule has 0 bridgehead atoms. The summed E-state index contributed by atoms with van der Waals surface area (Å²) < 4.78 is 67.0. The molecule has 3 aromatic rings. The summed E-state index contributed by atoms with van der Waals surface area (Å²) in [5.74, 6) is -0.397. The van der Waals surface area contributed by atoms with Gasteiger partial charge in [0.1, 0.15) is 5.82 Å². The first kappa shape index (κ1) is 22.4. The van der Waals surface area contributed by atoms with Crippen LogP contribution >= 0.6 is 11.6 Å². The third-order valence-electron chi connectivity index (χ3n) is 4.48. The van der Waals surface area contributed by atoms with Gasteiger partial charge in [-0.1, -0.05) is 29.8 Å². The largest absolute Gasteiger partial charge is 0.240 e. The Bertz CT molecular complexity index is 1270. The van der Waals surface area contributed by atoms with E-state index in [1.165, 1.54) is 48.5 Å². The van der Waals surface area contributed by atoms with E-state index in [0.29, 0.717) is 22.6 Å². The highest BCUT2D eigenvalue weighted by Gasteiger charge is 2.23. The van der Waals surface area contributed by atoms with E-state index in [-0.39, 0.29) is 21.2 Å². The molecule has 0 aliphatic carbocycles. The Morgan fingerprint density at radius 2 is 1.57 bits per heavy atom. The van der Waals surface area contributed by atoms with Gasteiger partial charge >= 0.3 is 0 Å². The maximum atomic E-state index is 13.3. The Labute approximate surface area is 180 Å². The van der Waals surface area contributed by atoms with Crippen LogP contribution in [0.1, 0.15) is 11.1 Å². The van der Waals surface area contributed by atoms with Gasteiger partial charge in [0.05, 0.1) is 14.7 Å². The first-order valence-corrected chi connectivity index (χ1v) is 12.3. The molecule has 9 heteroatoms. The van der Waals surface area contributed by atoms with Crippen molar-refractivity contribution in [3.05, 3.63) is 88.7 Å². The average molecular weight is 468 g/mol. The number of sulfone groups is 1. The molecule has 0 aliphatic heterocycles. The van der Waals surface area contributed by atoms with Crippen LogP contribution in [-0.4, -0.2) is 23.4 Å². The van der Waals surface area contributed by atoms with Crippen molar-refractivity contribution >= 4 is 31.5 Å². The molecular weight excluding hydrogens is 449 g/mol. The van der Waals surface area contributed by atoms with E-state index in [1.54, 1.807) is 19.1 Å². The number of hydrogen-bond donors (Lipinski definition) is 1. The summed E-state index contributed by atoms with van der Waals surface area (Å²) in [4.78, 5) is -0.254. The molecule has 0 amide bonds. The van der Waals surface area contributed by atoms with Crippen LogP contribution in [0.3, 0.4) is 0 Å². The number of rotatable bonds is 7. The Kier molecular flexibility index (Phi) is 6.62. The summed E-state index contributed by atoms with van der Waals surface area (Å²) in [6, 6.07) is 15.5. The van der Waals surface area contributed by atoms with Crippen LogP contribution < -0.4 is 4.72 Å². The highest BCUT2D eigenvalue weighted by molar-refractivity contribution is 7.91. The maximum absolute atomic E-state index is 13.3. The SMILES string of the molecule is Cc1ccc(S(=O)(=O)c2ccc(Cl)cc2)cc1S(=O)(=O)NCCc1cccc(F)c1. The maximum Gasteiger partial charge on any atom is 0.240 e. The first-order valence-electron chi connectivity index (χ1n) is 8.95. The van der Waals surface area contributed by atoms with Gasteiger partial charge in [0.25, 0.3) is 0 Å². The zero-order valence-electron chi connectivity index (χ0n) is 16.0. The lowest BCUT2D eigenvalue weighted by atomic mass is 10.1. The van der Waals surface area contributed by atoms with E-state index < -0.39 is 25.7 Å². The second kappa shape index (κ2) is 8.85. The lowest BCUT2D eigenvalue weighted by Gasteiger charge is -2.12. The number of hydrogen-bond acceptors (Lipinski definition) is 4. The molecule has 158 valence electrons. The summed E-state index contributed by atoms with van der Waals surface area (Å²) in [5, 5.41) is 0.392. The minimum atomic E-state index is -3.97. The van der Waals surface area contributed by atoms with Crippen molar-refractivity contribution in [2.75, 3.05) is 6.54 Å². The van der Waals surface area contributed by atoms with E-state index in [2.05, 4.69) is 4.72 Å². The number of aryl methyl sites for hydroxylation is 1. The molecule has 5 nitrogen and oxygen atoms in total. The van der Waals surface area contributed by atoms with Crippen molar-refractivity contribution < 1.29 is 21.2 Å². The predicted octanol–water partition coefficient (Wildman–Crippen LogP) is 4.14. The summed E-state index contributed by atoms with van der Waals surface area (Å²) in [6.07, 6.45) is 0.290. The van der Waals surface area contributed by atoms with Crippen LogP contribution in [0.25, 0.3) is 0 Å². The normalized spacial score (nSPS) is 12.1. The van der Waals surface area contributed by atoms with Crippen molar-refractivity contribution in [3.8, 4) is 0 Å². The molecule has 0 unspecified atom stereocenters. The van der Waals surface area contributed by atoms with Gasteiger partial charge < -0.3 is 0 Å². The molecule has 0 radical (unpaired) electrons. The van der Waals surface area contributed by atoms with Crippen molar-refractivity contribution in [2.24, 2.45) is 0 Å². The monoisotopic (exact) mass is 467 g/mol. The highest BCUT2D eigenvalue weighted by Crippen LogP contribution is 2.26. The van der Waals surface area contributed by atoms with E-state index in [1.807, 2.05) is 0 Å². The molecule has 3 rings (SSSR count). The minimum Gasteiger partial charge on any atom is -0.219 e. The molecule has 1 N–H and O–H groups in total. The van der Waals surface area contributed by atoms with E-state index >= 15 is 0 Å². The average Bonchev–Trinajstić information content (AvgIpc) is 2.68. The van der Waals surface area contributed by atoms with Gasteiger partial charge in [-0.2, -0.15) is 0 Å². The molecule has 0 atom stereocenters. The topological polar surface area (TPSA) is 80.3 Å². The van der Waals surface area contributed by atoms with Gasteiger partial charge in [0.2, 0.25) is 19.9 Å². The van der Waals surface area contributed by atoms with E-state index in [0.717, 1.165) is 6.07 Å². The van der Waals surface area contributed by atoms with Crippen LogP contribution in [0.4, 0.5) is 4.39 Å². The smallest absolute Gasteiger partial charge is 0.219 e. The summed E-state index contributed by atoms with van der Waals surface area (Å²) in [6.45, 7) is 1.62. The van der Waals surface area contributed by atoms with Crippen LogP contribution in [0.2, 0.25) is 5.02 Å². The lowest BCUT2D eigenvalue weighted by molar-refractivity contribution is 0.580. The second-order valence-electron chi connectivity index (χ2n) is 6.66. The molecule has 0 saturated heterocycles.